The summed E-state index contributed by atoms with van der Waals surface area (Å²) in [4.78, 5) is 44.3. The number of nitrogens with one attached hydrogen (secondary N) is 3. The van der Waals surface area contributed by atoms with E-state index in [1.807, 2.05) is 0 Å². The summed E-state index contributed by atoms with van der Waals surface area (Å²) < 4.78 is 43.9. The van der Waals surface area contributed by atoms with Gasteiger partial charge in [-0.2, -0.15) is 0 Å². The van der Waals surface area contributed by atoms with Crippen LogP contribution in [0.3, 0.4) is 0 Å². The van der Waals surface area contributed by atoms with Crippen molar-refractivity contribution in [3.8, 4) is 5.75 Å². The van der Waals surface area contributed by atoms with Crippen molar-refractivity contribution < 1.29 is 37.4 Å². The molecule has 1 aliphatic heterocycles. The van der Waals surface area contributed by atoms with Crippen LogP contribution in [0.25, 0.3) is 0 Å². The number of nitrogens with zero attached hydrogens (tertiary/aromatic N) is 2. The molecule has 0 radical (unpaired) electrons. The number of likely N-dealkylation sites (tertiary alicyclic amines) is 1. The van der Waals surface area contributed by atoms with Gasteiger partial charge in [0.15, 0.2) is 0 Å². The molecule has 3 N–H and O–H groups in total. The Kier molecular flexibility index (Phi) is 8.81. The summed E-state index contributed by atoms with van der Waals surface area (Å²) >= 11 is 0. The fourth-order valence-electron chi connectivity index (χ4n) is 5.15. The molecule has 0 bridgehead atoms. The van der Waals surface area contributed by atoms with E-state index in [9.17, 15) is 23.2 Å². The first-order valence-electron chi connectivity index (χ1n) is 13.5. The van der Waals surface area contributed by atoms with E-state index in [4.69, 9.17) is 19.6 Å². The van der Waals surface area contributed by atoms with Crippen molar-refractivity contribution in [3.63, 3.8) is 0 Å². The van der Waals surface area contributed by atoms with Crippen LogP contribution in [0.15, 0.2) is 36.4 Å². The Morgan fingerprint density at radius 3 is 2.40 bits per heavy atom. The van der Waals surface area contributed by atoms with Crippen LogP contribution in [0.2, 0.25) is 0 Å². The van der Waals surface area contributed by atoms with Crippen molar-refractivity contribution in [3.05, 3.63) is 47.7 Å². The number of hydrogen-bond acceptors (Lipinski definition) is 9. The van der Waals surface area contributed by atoms with Crippen LogP contribution < -0.4 is 15.4 Å². The van der Waals surface area contributed by atoms with Crippen molar-refractivity contribution in [2.24, 2.45) is 0 Å². The van der Waals surface area contributed by atoms with Gasteiger partial charge in [0.1, 0.15) is 35.0 Å². The largest absolute Gasteiger partial charge is 0.497 e. The molecule has 2 aromatic rings. The van der Waals surface area contributed by atoms with Crippen LogP contribution >= 0.6 is 0 Å². The molecule has 0 unspecified atom stereocenters. The predicted molar refractivity (Wildman–Crippen MR) is 150 cm³/mol. The van der Waals surface area contributed by atoms with E-state index >= 15 is 0 Å². The third-order valence-electron chi connectivity index (χ3n) is 7.13. The molecule has 1 saturated carbocycles. The van der Waals surface area contributed by atoms with Crippen LogP contribution in [-0.4, -0.2) is 72.0 Å². The number of ether oxygens (including phenoxy) is 3. The Balaban J connectivity index is 1.39. The minimum Gasteiger partial charge on any atom is -0.497 e. The minimum atomic E-state index is -2.98. The average Bonchev–Trinajstić information content (AvgIpc) is 3.39. The van der Waals surface area contributed by atoms with E-state index in [-0.39, 0.29) is 23.9 Å². The topological polar surface area (TPSA) is 143 Å². The summed E-state index contributed by atoms with van der Waals surface area (Å²) in [5.74, 6) is -3.45. The van der Waals surface area contributed by atoms with Gasteiger partial charge in [-0.05, 0) is 63.4 Å². The molecular weight excluding hydrogens is 552 g/mol. The number of halogens is 2. The monoisotopic (exact) mass is 587 g/mol. The number of anilines is 2. The molecule has 13 heteroatoms. The normalized spacial score (nSPS) is 19.2. The van der Waals surface area contributed by atoms with Gasteiger partial charge >= 0.3 is 12.1 Å². The molecule has 0 spiro atoms. The first kappa shape index (κ1) is 30.8. The highest BCUT2D eigenvalue weighted by molar-refractivity contribution is 5.96. The maximum atomic E-state index is 14.0. The smallest absolute Gasteiger partial charge is 0.412 e. The molecule has 4 rings (SSSR count). The lowest BCUT2D eigenvalue weighted by molar-refractivity contribution is -0.184. The number of hydrogen-bond donors (Lipinski definition) is 3. The van der Waals surface area contributed by atoms with Crippen LogP contribution in [0.1, 0.15) is 57.7 Å². The summed E-state index contributed by atoms with van der Waals surface area (Å²) in [6.45, 7) is 5.39. The molecule has 1 atom stereocenters. The van der Waals surface area contributed by atoms with Gasteiger partial charge < -0.3 is 24.9 Å². The lowest BCUT2D eigenvalue weighted by Gasteiger charge is -2.45. The Morgan fingerprint density at radius 2 is 1.81 bits per heavy atom. The molecule has 2 fully saturated rings. The molecule has 42 heavy (non-hydrogen) atoms. The van der Waals surface area contributed by atoms with Gasteiger partial charge in [0.2, 0.25) is 5.91 Å². The van der Waals surface area contributed by atoms with Crippen LogP contribution in [0.5, 0.6) is 5.75 Å². The number of alkyl halides is 2. The fourth-order valence-corrected chi connectivity index (χ4v) is 5.15. The number of carbonyl (C=O) groups excluding carboxylic acids is 3. The van der Waals surface area contributed by atoms with Crippen LogP contribution in [-0.2, 0) is 24.5 Å². The minimum absolute atomic E-state index is 0.108. The quantitative estimate of drug-likeness (QED) is 0.283. The van der Waals surface area contributed by atoms with Gasteiger partial charge in [0.25, 0.3) is 5.92 Å². The first-order chi connectivity index (χ1) is 19.7. The Hall–Kier alpha value is -4.13. The van der Waals surface area contributed by atoms with Gasteiger partial charge in [-0.3, -0.25) is 19.8 Å². The van der Waals surface area contributed by atoms with E-state index < -0.39 is 53.8 Å². The zero-order chi connectivity index (χ0) is 30.7. The molecule has 2 heterocycles. The van der Waals surface area contributed by atoms with Gasteiger partial charge in [-0.25, -0.2) is 18.6 Å². The number of amides is 2. The lowest BCUT2D eigenvalue weighted by Crippen LogP contribution is -2.55. The number of rotatable bonds is 9. The third kappa shape index (κ3) is 7.01. The third-order valence-corrected chi connectivity index (χ3v) is 7.13. The second-order valence-electron chi connectivity index (χ2n) is 11.4. The van der Waals surface area contributed by atoms with E-state index in [1.54, 1.807) is 49.9 Å². The molecular formula is C29H35F2N5O6. The number of aromatic nitrogens is 1. The van der Waals surface area contributed by atoms with E-state index in [0.29, 0.717) is 30.7 Å². The van der Waals surface area contributed by atoms with Crippen molar-refractivity contribution in [2.45, 2.75) is 69.4 Å². The van der Waals surface area contributed by atoms with Crippen molar-refractivity contribution in [2.75, 3.05) is 31.0 Å². The fraction of sp³-hybridized carbons (Fsp3) is 0.483. The number of esters is 1. The predicted octanol–water partition coefficient (Wildman–Crippen LogP) is 4.71. The van der Waals surface area contributed by atoms with E-state index in [1.165, 1.54) is 19.2 Å². The number of pyridine rings is 1. The summed E-state index contributed by atoms with van der Waals surface area (Å²) in [7, 11) is 1.49. The van der Waals surface area contributed by atoms with Crippen molar-refractivity contribution >= 4 is 35.7 Å². The molecule has 226 valence electrons. The standard InChI is InChI=1S/C29H35F2N5O6/c1-27(2,3)42-26(39)34-20-11-12-23(33-21(20)14-32)35-24(37)22-6-5-13-36(22)17-41-25(38)28(15-29(30,31)16-28)18-7-9-19(40-4)10-8-18/h7-12,14,22,32H,5-6,13,15-17H2,1-4H3,(H,34,39)(H,33,35,37)/t22-/m1/s1. The Morgan fingerprint density at radius 1 is 1.12 bits per heavy atom. The van der Waals surface area contributed by atoms with Gasteiger partial charge in [-0.15, -0.1) is 0 Å². The Labute approximate surface area is 242 Å². The zero-order valence-electron chi connectivity index (χ0n) is 24.0. The van der Waals surface area contributed by atoms with Crippen LogP contribution in [0, 0.1) is 5.41 Å². The molecule has 2 amide bonds. The van der Waals surface area contributed by atoms with Crippen LogP contribution in [0.4, 0.5) is 25.1 Å². The summed E-state index contributed by atoms with van der Waals surface area (Å²) in [5.41, 5.74) is -1.42. The summed E-state index contributed by atoms with van der Waals surface area (Å²) in [5, 5.41) is 12.9. The molecule has 1 aromatic carbocycles. The second kappa shape index (κ2) is 12.0. The second-order valence-corrected chi connectivity index (χ2v) is 11.4. The summed E-state index contributed by atoms with van der Waals surface area (Å²) in [6.07, 6.45) is 0.0614. The summed E-state index contributed by atoms with van der Waals surface area (Å²) in [6, 6.07) is 8.72. The SMILES string of the molecule is COc1ccc(C2(C(=O)OCN3CCC[C@@H]3C(=O)Nc3ccc(NC(=O)OC(C)(C)C)c(C=N)n3)CC(F)(F)C2)cc1. The highest BCUT2D eigenvalue weighted by Gasteiger charge is 2.62. The van der Waals surface area contributed by atoms with E-state index in [0.717, 1.165) is 6.21 Å². The number of methoxy groups -OCH3 is 1. The zero-order valence-corrected chi connectivity index (χ0v) is 24.0. The molecule has 1 saturated heterocycles. The van der Waals surface area contributed by atoms with Crippen molar-refractivity contribution in [1.82, 2.24) is 9.88 Å². The lowest BCUT2D eigenvalue weighted by atomic mass is 9.62. The molecule has 11 nitrogen and oxygen atoms in total. The maximum Gasteiger partial charge on any atom is 0.412 e. The highest BCUT2D eigenvalue weighted by atomic mass is 19.3. The van der Waals surface area contributed by atoms with E-state index in [2.05, 4.69) is 15.6 Å². The molecule has 1 aliphatic carbocycles. The molecule has 1 aromatic heterocycles. The Bertz CT molecular complexity index is 1340. The first-order valence-corrected chi connectivity index (χ1v) is 13.5. The number of benzene rings is 1. The average molecular weight is 588 g/mol. The van der Waals surface area contributed by atoms with Gasteiger partial charge in [0, 0.05) is 25.6 Å². The maximum absolute atomic E-state index is 14.0. The highest BCUT2D eigenvalue weighted by Crippen LogP contribution is 2.54. The molecule has 2 aliphatic rings. The van der Waals surface area contributed by atoms with Gasteiger partial charge in [0.05, 0.1) is 18.8 Å². The van der Waals surface area contributed by atoms with Gasteiger partial charge in [-0.1, -0.05) is 12.1 Å². The van der Waals surface area contributed by atoms with Crippen molar-refractivity contribution in [1.29, 1.82) is 5.41 Å². The number of carbonyl (C=O) groups is 3.